The SMILES string of the molecule is Cc1cccc(C)c1OCC(=O)Nc1ccccc1C(N)=O. The Morgan fingerprint density at radius 1 is 1.05 bits per heavy atom. The second kappa shape index (κ2) is 6.76. The van der Waals surface area contributed by atoms with Gasteiger partial charge in [0.15, 0.2) is 6.61 Å². The van der Waals surface area contributed by atoms with Crippen molar-refractivity contribution in [1.29, 1.82) is 0 Å². The van der Waals surface area contributed by atoms with E-state index >= 15 is 0 Å². The van der Waals surface area contributed by atoms with E-state index in [0.29, 0.717) is 11.4 Å². The first-order valence-corrected chi connectivity index (χ1v) is 6.86. The van der Waals surface area contributed by atoms with Gasteiger partial charge in [0.25, 0.3) is 11.8 Å². The van der Waals surface area contributed by atoms with Crippen LogP contribution in [0.2, 0.25) is 0 Å². The smallest absolute Gasteiger partial charge is 0.262 e. The number of ether oxygens (including phenoxy) is 1. The van der Waals surface area contributed by atoms with Gasteiger partial charge in [-0.3, -0.25) is 9.59 Å². The van der Waals surface area contributed by atoms with Gasteiger partial charge < -0.3 is 15.8 Å². The highest BCUT2D eigenvalue weighted by Gasteiger charge is 2.11. The minimum absolute atomic E-state index is 0.140. The molecule has 0 atom stereocenters. The molecule has 2 aromatic carbocycles. The highest BCUT2D eigenvalue weighted by atomic mass is 16.5. The number of primary amides is 1. The van der Waals surface area contributed by atoms with Crippen LogP contribution in [-0.2, 0) is 4.79 Å². The summed E-state index contributed by atoms with van der Waals surface area (Å²) in [5.41, 5.74) is 7.85. The van der Waals surface area contributed by atoms with Crippen LogP contribution in [0.1, 0.15) is 21.5 Å². The van der Waals surface area contributed by atoms with Crippen molar-refractivity contribution in [2.45, 2.75) is 13.8 Å². The fourth-order valence-electron chi connectivity index (χ4n) is 2.16. The number of nitrogens with two attached hydrogens (primary N) is 1. The molecule has 22 heavy (non-hydrogen) atoms. The molecule has 5 heteroatoms. The first kappa shape index (κ1) is 15.6. The van der Waals surface area contributed by atoms with Crippen molar-refractivity contribution in [2.24, 2.45) is 5.73 Å². The van der Waals surface area contributed by atoms with E-state index in [4.69, 9.17) is 10.5 Å². The molecule has 0 saturated heterocycles. The average Bonchev–Trinajstić information content (AvgIpc) is 2.47. The van der Waals surface area contributed by atoms with Gasteiger partial charge in [-0.25, -0.2) is 0 Å². The molecule has 0 unspecified atom stereocenters. The van der Waals surface area contributed by atoms with Gasteiger partial charge in [-0.1, -0.05) is 30.3 Å². The molecule has 0 fully saturated rings. The van der Waals surface area contributed by atoms with Gasteiger partial charge in [0.05, 0.1) is 11.3 Å². The number of nitrogens with one attached hydrogen (secondary N) is 1. The quantitative estimate of drug-likeness (QED) is 0.889. The fourth-order valence-corrected chi connectivity index (χ4v) is 2.16. The predicted molar refractivity (Wildman–Crippen MR) is 85.0 cm³/mol. The third-order valence-corrected chi connectivity index (χ3v) is 3.22. The maximum absolute atomic E-state index is 12.0. The van der Waals surface area contributed by atoms with E-state index < -0.39 is 5.91 Å². The van der Waals surface area contributed by atoms with Crippen LogP contribution < -0.4 is 15.8 Å². The highest BCUT2D eigenvalue weighted by molar-refractivity contribution is 6.03. The number of amides is 2. The Kier molecular flexibility index (Phi) is 4.78. The number of para-hydroxylation sites is 2. The monoisotopic (exact) mass is 298 g/mol. The molecule has 5 nitrogen and oxygen atoms in total. The number of hydrogen-bond acceptors (Lipinski definition) is 3. The molecule has 0 aliphatic rings. The molecule has 114 valence electrons. The number of benzene rings is 2. The molecule has 0 aliphatic carbocycles. The topological polar surface area (TPSA) is 81.4 Å². The molecule has 0 radical (unpaired) electrons. The summed E-state index contributed by atoms with van der Waals surface area (Å²) in [6.07, 6.45) is 0. The minimum Gasteiger partial charge on any atom is -0.483 e. The normalized spacial score (nSPS) is 10.1. The van der Waals surface area contributed by atoms with E-state index in [1.165, 1.54) is 0 Å². The Morgan fingerprint density at radius 3 is 2.32 bits per heavy atom. The van der Waals surface area contributed by atoms with Crippen molar-refractivity contribution in [3.05, 3.63) is 59.2 Å². The van der Waals surface area contributed by atoms with Gasteiger partial charge in [0, 0.05) is 0 Å². The van der Waals surface area contributed by atoms with Gasteiger partial charge in [-0.05, 0) is 37.1 Å². The third kappa shape index (κ3) is 3.63. The van der Waals surface area contributed by atoms with Crippen molar-refractivity contribution >= 4 is 17.5 Å². The molecule has 0 heterocycles. The Balaban J connectivity index is 2.04. The van der Waals surface area contributed by atoms with Crippen LogP contribution in [0.25, 0.3) is 0 Å². The van der Waals surface area contributed by atoms with Crippen LogP contribution in [0.4, 0.5) is 5.69 Å². The van der Waals surface area contributed by atoms with Crippen LogP contribution in [0.3, 0.4) is 0 Å². The number of carbonyl (C=O) groups is 2. The number of aryl methyl sites for hydroxylation is 2. The minimum atomic E-state index is -0.591. The van der Waals surface area contributed by atoms with E-state index in [2.05, 4.69) is 5.32 Å². The molecular weight excluding hydrogens is 280 g/mol. The Hall–Kier alpha value is -2.82. The van der Waals surface area contributed by atoms with Gasteiger partial charge >= 0.3 is 0 Å². The third-order valence-electron chi connectivity index (χ3n) is 3.22. The van der Waals surface area contributed by atoms with E-state index in [-0.39, 0.29) is 18.1 Å². The summed E-state index contributed by atoms with van der Waals surface area (Å²) in [7, 11) is 0. The average molecular weight is 298 g/mol. The van der Waals surface area contributed by atoms with Crippen LogP contribution in [0.15, 0.2) is 42.5 Å². The van der Waals surface area contributed by atoms with Crippen LogP contribution in [0.5, 0.6) is 5.75 Å². The van der Waals surface area contributed by atoms with E-state index in [9.17, 15) is 9.59 Å². The standard InChI is InChI=1S/C17H18N2O3/c1-11-6-5-7-12(2)16(11)22-10-15(20)19-14-9-4-3-8-13(14)17(18)21/h3-9H,10H2,1-2H3,(H2,18,21)(H,19,20). The molecule has 0 bridgehead atoms. The molecule has 2 aromatic rings. The number of anilines is 1. The van der Waals surface area contributed by atoms with Crippen molar-refractivity contribution in [2.75, 3.05) is 11.9 Å². The van der Waals surface area contributed by atoms with Crippen LogP contribution in [-0.4, -0.2) is 18.4 Å². The lowest BCUT2D eigenvalue weighted by Gasteiger charge is -2.13. The summed E-state index contributed by atoms with van der Waals surface area (Å²) in [5, 5.41) is 2.64. The van der Waals surface area contributed by atoms with Gasteiger partial charge in [0.1, 0.15) is 5.75 Å². The van der Waals surface area contributed by atoms with Crippen molar-refractivity contribution in [3.8, 4) is 5.75 Å². The van der Waals surface area contributed by atoms with Gasteiger partial charge in [-0.15, -0.1) is 0 Å². The summed E-state index contributed by atoms with van der Waals surface area (Å²) in [6.45, 7) is 3.70. The highest BCUT2D eigenvalue weighted by Crippen LogP contribution is 2.22. The van der Waals surface area contributed by atoms with Gasteiger partial charge in [-0.2, -0.15) is 0 Å². The zero-order valence-corrected chi connectivity index (χ0v) is 12.6. The molecule has 3 N–H and O–H groups in total. The Bertz CT molecular complexity index is 691. The van der Waals surface area contributed by atoms with E-state index in [1.54, 1.807) is 24.3 Å². The second-order valence-corrected chi connectivity index (χ2v) is 4.97. The zero-order valence-electron chi connectivity index (χ0n) is 12.6. The van der Waals surface area contributed by atoms with E-state index in [0.717, 1.165) is 11.1 Å². The first-order valence-electron chi connectivity index (χ1n) is 6.86. The Labute approximate surface area is 129 Å². The van der Waals surface area contributed by atoms with Crippen LogP contribution in [0, 0.1) is 13.8 Å². The largest absolute Gasteiger partial charge is 0.483 e. The molecule has 0 aromatic heterocycles. The molecule has 2 amide bonds. The van der Waals surface area contributed by atoms with Crippen molar-refractivity contribution in [3.63, 3.8) is 0 Å². The van der Waals surface area contributed by atoms with Crippen molar-refractivity contribution in [1.82, 2.24) is 0 Å². The van der Waals surface area contributed by atoms with E-state index in [1.807, 2.05) is 32.0 Å². The molecule has 0 spiro atoms. The summed E-state index contributed by atoms with van der Waals surface area (Å²) in [4.78, 5) is 23.3. The fraction of sp³-hybridized carbons (Fsp3) is 0.176. The lowest BCUT2D eigenvalue weighted by atomic mass is 10.1. The second-order valence-electron chi connectivity index (χ2n) is 4.97. The molecular formula is C17H18N2O3. The van der Waals surface area contributed by atoms with Crippen molar-refractivity contribution < 1.29 is 14.3 Å². The van der Waals surface area contributed by atoms with Gasteiger partial charge in [0.2, 0.25) is 0 Å². The number of rotatable bonds is 5. The summed E-state index contributed by atoms with van der Waals surface area (Å²) in [5.74, 6) is -0.247. The molecule has 0 saturated carbocycles. The maximum Gasteiger partial charge on any atom is 0.262 e. The summed E-state index contributed by atoms with van der Waals surface area (Å²) < 4.78 is 5.57. The lowest BCUT2D eigenvalue weighted by molar-refractivity contribution is -0.118. The summed E-state index contributed by atoms with van der Waals surface area (Å²) in [6, 6.07) is 12.4. The lowest BCUT2D eigenvalue weighted by Crippen LogP contribution is -2.23. The van der Waals surface area contributed by atoms with Crippen LogP contribution >= 0.6 is 0 Å². The maximum atomic E-state index is 12.0. The summed E-state index contributed by atoms with van der Waals surface area (Å²) >= 11 is 0. The Morgan fingerprint density at radius 2 is 1.68 bits per heavy atom. The zero-order chi connectivity index (χ0) is 16.1. The predicted octanol–water partition coefficient (Wildman–Crippen LogP) is 2.42. The number of hydrogen-bond donors (Lipinski definition) is 2. The first-order chi connectivity index (χ1) is 10.5. The molecule has 0 aliphatic heterocycles. The number of carbonyl (C=O) groups excluding carboxylic acids is 2. The molecule has 2 rings (SSSR count).